The fourth-order valence-electron chi connectivity index (χ4n) is 2.22. The molecule has 94 valence electrons. The molecule has 0 atom stereocenters. The van der Waals surface area contributed by atoms with E-state index in [2.05, 4.69) is 4.98 Å². The summed E-state index contributed by atoms with van der Waals surface area (Å²) < 4.78 is 1.81. The van der Waals surface area contributed by atoms with Gasteiger partial charge in [-0.3, -0.25) is 4.40 Å². The number of hydrogen-bond donors (Lipinski definition) is 0. The van der Waals surface area contributed by atoms with E-state index in [1.165, 1.54) is 0 Å². The second-order valence-electron chi connectivity index (χ2n) is 4.27. The third-order valence-electron chi connectivity index (χ3n) is 3.04. The number of aryl methyl sites for hydroxylation is 1. The summed E-state index contributed by atoms with van der Waals surface area (Å²) in [4.78, 5) is 14.9. The highest BCUT2D eigenvalue weighted by atomic mass is 16.6. The minimum absolute atomic E-state index is 0.111. The fraction of sp³-hybridized carbons (Fsp3) is 0.0714. The SMILES string of the molecule is Cc1cccc2nc([N+](=O)[O-])c(-c3ccccc3)n12. The number of benzene rings is 1. The normalized spacial score (nSPS) is 10.8. The van der Waals surface area contributed by atoms with Crippen molar-refractivity contribution in [2.45, 2.75) is 6.92 Å². The molecule has 0 fully saturated rings. The zero-order valence-electron chi connectivity index (χ0n) is 10.3. The van der Waals surface area contributed by atoms with Gasteiger partial charge in [-0.25, -0.2) is 0 Å². The van der Waals surface area contributed by atoms with Crippen LogP contribution in [0.4, 0.5) is 5.82 Å². The van der Waals surface area contributed by atoms with E-state index in [4.69, 9.17) is 0 Å². The van der Waals surface area contributed by atoms with Gasteiger partial charge in [0.25, 0.3) is 5.65 Å². The molecule has 0 spiro atoms. The van der Waals surface area contributed by atoms with Gasteiger partial charge in [0.05, 0.1) is 0 Å². The molecule has 0 aliphatic rings. The number of imidazole rings is 1. The molecule has 0 unspecified atom stereocenters. The lowest BCUT2D eigenvalue weighted by molar-refractivity contribution is -0.388. The molecule has 0 radical (unpaired) electrons. The van der Waals surface area contributed by atoms with Crippen molar-refractivity contribution < 1.29 is 4.92 Å². The molecule has 0 saturated heterocycles. The highest BCUT2D eigenvalue weighted by Gasteiger charge is 2.24. The number of nitro groups is 1. The van der Waals surface area contributed by atoms with Crippen molar-refractivity contribution in [3.8, 4) is 11.3 Å². The molecule has 2 heterocycles. The number of fused-ring (bicyclic) bond motifs is 1. The summed E-state index contributed by atoms with van der Waals surface area (Å²) in [6.45, 7) is 1.91. The van der Waals surface area contributed by atoms with Crippen molar-refractivity contribution in [1.29, 1.82) is 0 Å². The number of nitrogens with zero attached hydrogens (tertiary/aromatic N) is 3. The Labute approximate surface area is 109 Å². The Morgan fingerprint density at radius 2 is 1.84 bits per heavy atom. The maximum Gasteiger partial charge on any atom is 0.390 e. The lowest BCUT2D eigenvalue weighted by Crippen LogP contribution is -1.95. The topological polar surface area (TPSA) is 60.4 Å². The van der Waals surface area contributed by atoms with E-state index in [1.54, 1.807) is 6.07 Å². The first-order valence-electron chi connectivity index (χ1n) is 5.86. The van der Waals surface area contributed by atoms with Crippen molar-refractivity contribution in [3.05, 3.63) is 64.3 Å². The van der Waals surface area contributed by atoms with Crippen LogP contribution in [0.1, 0.15) is 5.69 Å². The lowest BCUT2D eigenvalue weighted by Gasteiger charge is -2.03. The number of hydrogen-bond acceptors (Lipinski definition) is 3. The third kappa shape index (κ3) is 1.76. The summed E-state index contributed by atoms with van der Waals surface area (Å²) in [7, 11) is 0. The van der Waals surface area contributed by atoms with Crippen molar-refractivity contribution in [2.75, 3.05) is 0 Å². The zero-order valence-corrected chi connectivity index (χ0v) is 10.3. The molecule has 0 amide bonds. The Morgan fingerprint density at radius 3 is 2.53 bits per heavy atom. The van der Waals surface area contributed by atoms with Gasteiger partial charge >= 0.3 is 5.82 Å². The molecule has 0 aliphatic heterocycles. The predicted molar refractivity (Wildman–Crippen MR) is 72.0 cm³/mol. The quantitative estimate of drug-likeness (QED) is 0.520. The van der Waals surface area contributed by atoms with Crippen molar-refractivity contribution in [2.24, 2.45) is 0 Å². The highest BCUT2D eigenvalue weighted by molar-refractivity contribution is 5.73. The molecule has 19 heavy (non-hydrogen) atoms. The van der Waals surface area contributed by atoms with Crippen molar-refractivity contribution in [1.82, 2.24) is 9.38 Å². The fourth-order valence-corrected chi connectivity index (χ4v) is 2.22. The second-order valence-corrected chi connectivity index (χ2v) is 4.27. The average Bonchev–Trinajstić information content (AvgIpc) is 2.81. The van der Waals surface area contributed by atoms with Crippen LogP contribution in [-0.4, -0.2) is 14.3 Å². The molecule has 0 saturated carbocycles. The summed E-state index contributed by atoms with van der Waals surface area (Å²) in [6, 6.07) is 14.8. The Morgan fingerprint density at radius 1 is 1.11 bits per heavy atom. The van der Waals surface area contributed by atoms with Crippen LogP contribution in [0.2, 0.25) is 0 Å². The van der Waals surface area contributed by atoms with Gasteiger partial charge in [-0.15, -0.1) is 0 Å². The van der Waals surface area contributed by atoms with Crippen molar-refractivity contribution in [3.63, 3.8) is 0 Å². The van der Waals surface area contributed by atoms with Crippen molar-refractivity contribution >= 4 is 11.5 Å². The van der Waals surface area contributed by atoms with Crippen LogP contribution in [0.25, 0.3) is 16.9 Å². The number of aromatic nitrogens is 2. The van der Waals surface area contributed by atoms with Gasteiger partial charge in [0.2, 0.25) is 0 Å². The number of pyridine rings is 1. The van der Waals surface area contributed by atoms with Gasteiger partial charge in [-0.05, 0) is 22.9 Å². The monoisotopic (exact) mass is 253 g/mol. The molecule has 2 aromatic heterocycles. The Balaban J connectivity index is 2.44. The molecule has 5 nitrogen and oxygen atoms in total. The summed E-state index contributed by atoms with van der Waals surface area (Å²) >= 11 is 0. The zero-order chi connectivity index (χ0) is 13.4. The molecular formula is C14H11N3O2. The van der Waals surface area contributed by atoms with E-state index >= 15 is 0 Å². The van der Waals surface area contributed by atoms with Crippen LogP contribution in [-0.2, 0) is 0 Å². The minimum Gasteiger partial charge on any atom is -0.358 e. The van der Waals surface area contributed by atoms with Crippen LogP contribution in [0.15, 0.2) is 48.5 Å². The van der Waals surface area contributed by atoms with Crippen LogP contribution in [0.3, 0.4) is 0 Å². The standard InChI is InChI=1S/C14H11N3O2/c1-10-6-5-9-12-15-14(17(18)19)13(16(10)12)11-7-3-2-4-8-11/h2-9H,1H3. The highest BCUT2D eigenvalue weighted by Crippen LogP contribution is 2.31. The van der Waals surface area contributed by atoms with E-state index in [0.29, 0.717) is 11.3 Å². The summed E-state index contributed by atoms with van der Waals surface area (Å²) in [6.07, 6.45) is 0. The molecule has 3 aromatic rings. The first-order chi connectivity index (χ1) is 9.18. The lowest BCUT2D eigenvalue weighted by atomic mass is 10.1. The van der Waals surface area contributed by atoms with Crippen LogP contribution < -0.4 is 0 Å². The van der Waals surface area contributed by atoms with E-state index in [1.807, 2.05) is 53.8 Å². The van der Waals surface area contributed by atoms with Gasteiger partial charge in [0.1, 0.15) is 0 Å². The van der Waals surface area contributed by atoms with E-state index in [0.717, 1.165) is 11.3 Å². The molecule has 0 N–H and O–H groups in total. The van der Waals surface area contributed by atoms with E-state index in [-0.39, 0.29) is 5.82 Å². The predicted octanol–water partition coefficient (Wildman–Crippen LogP) is 3.22. The van der Waals surface area contributed by atoms with Crippen LogP contribution >= 0.6 is 0 Å². The minimum atomic E-state index is -0.436. The van der Waals surface area contributed by atoms with E-state index in [9.17, 15) is 10.1 Å². The Hall–Kier alpha value is -2.69. The third-order valence-corrected chi connectivity index (χ3v) is 3.04. The van der Waals surface area contributed by atoms with Crippen LogP contribution in [0.5, 0.6) is 0 Å². The maximum atomic E-state index is 11.2. The Kier molecular flexibility index (Phi) is 2.52. The number of rotatable bonds is 2. The smallest absolute Gasteiger partial charge is 0.358 e. The van der Waals surface area contributed by atoms with Gasteiger partial charge in [0.15, 0.2) is 5.69 Å². The largest absolute Gasteiger partial charge is 0.390 e. The average molecular weight is 253 g/mol. The maximum absolute atomic E-state index is 11.2. The van der Waals surface area contributed by atoms with Gasteiger partial charge < -0.3 is 10.1 Å². The summed E-state index contributed by atoms with van der Waals surface area (Å²) in [5, 5.41) is 11.2. The van der Waals surface area contributed by atoms with Crippen LogP contribution in [0, 0.1) is 17.0 Å². The van der Waals surface area contributed by atoms with E-state index < -0.39 is 4.92 Å². The summed E-state index contributed by atoms with van der Waals surface area (Å²) in [5.41, 5.74) is 2.82. The Bertz CT molecular complexity index is 763. The second kappa shape index (κ2) is 4.20. The first kappa shape index (κ1) is 11.4. The first-order valence-corrected chi connectivity index (χ1v) is 5.86. The van der Waals surface area contributed by atoms with Gasteiger partial charge in [0, 0.05) is 17.3 Å². The molecule has 3 rings (SSSR count). The molecular weight excluding hydrogens is 242 g/mol. The molecule has 0 aliphatic carbocycles. The molecule has 0 bridgehead atoms. The molecule has 1 aromatic carbocycles. The van der Waals surface area contributed by atoms with Gasteiger partial charge in [-0.2, -0.15) is 0 Å². The van der Waals surface area contributed by atoms with Gasteiger partial charge in [-0.1, -0.05) is 36.4 Å². The molecule has 5 heteroatoms. The summed E-state index contributed by atoms with van der Waals surface area (Å²) in [5.74, 6) is -0.111.